The highest BCUT2D eigenvalue weighted by molar-refractivity contribution is 6.01. The molecule has 5 rings (SSSR count). The maximum Gasteiger partial charge on any atom is 0.365 e. The van der Waals surface area contributed by atoms with Crippen molar-refractivity contribution in [2.45, 2.75) is 39.7 Å². The first-order chi connectivity index (χ1) is 14.4. The Balaban J connectivity index is 1.56. The highest BCUT2D eigenvalue weighted by Crippen LogP contribution is 2.40. The van der Waals surface area contributed by atoms with E-state index in [1.54, 1.807) is 0 Å². The van der Waals surface area contributed by atoms with Crippen LogP contribution in [0.25, 0.3) is 11.1 Å². The van der Waals surface area contributed by atoms with Crippen LogP contribution in [0.5, 0.6) is 0 Å². The number of nitrogens with zero attached hydrogens (tertiary/aromatic N) is 1. The van der Waals surface area contributed by atoms with Crippen LogP contribution in [0, 0.1) is 12.3 Å². The van der Waals surface area contributed by atoms with Gasteiger partial charge in [0.25, 0.3) is 0 Å². The van der Waals surface area contributed by atoms with Crippen LogP contribution in [0.15, 0.2) is 64.2 Å². The number of rotatable bonds is 2. The van der Waals surface area contributed by atoms with Crippen molar-refractivity contribution in [3.63, 3.8) is 0 Å². The van der Waals surface area contributed by atoms with E-state index in [9.17, 15) is 4.79 Å². The van der Waals surface area contributed by atoms with Crippen LogP contribution in [0.2, 0.25) is 0 Å². The Morgan fingerprint density at radius 3 is 2.70 bits per heavy atom. The van der Waals surface area contributed by atoms with Gasteiger partial charge in [-0.3, -0.25) is 9.79 Å². The first-order valence-corrected chi connectivity index (χ1v) is 10.2. The van der Waals surface area contributed by atoms with Gasteiger partial charge in [0.05, 0.1) is 11.3 Å². The summed E-state index contributed by atoms with van der Waals surface area (Å²) >= 11 is 0. The van der Waals surface area contributed by atoms with Crippen LogP contribution < -0.4 is 15.6 Å². The van der Waals surface area contributed by atoms with Crippen molar-refractivity contribution in [3.05, 3.63) is 70.9 Å². The SMILES string of the molecule is Cc1ccccc1[C@@H]1[NH+]=C(Nc2nc3ccccc3o2)NC2=C1C(=O)CC(C)(C)C2. The highest BCUT2D eigenvalue weighted by atomic mass is 16.4. The normalized spacial score (nSPS) is 20.6. The first kappa shape index (κ1) is 18.6. The van der Waals surface area contributed by atoms with E-state index in [-0.39, 0.29) is 17.2 Å². The van der Waals surface area contributed by atoms with Crippen LogP contribution in [-0.4, -0.2) is 16.7 Å². The van der Waals surface area contributed by atoms with Gasteiger partial charge in [0.2, 0.25) is 0 Å². The number of carbonyl (C=O) groups excluding carboxylic acids is 1. The van der Waals surface area contributed by atoms with Gasteiger partial charge >= 0.3 is 12.0 Å². The fourth-order valence-electron chi connectivity index (χ4n) is 4.43. The second kappa shape index (κ2) is 6.83. The molecule has 6 heteroatoms. The van der Waals surface area contributed by atoms with Crippen LogP contribution in [0.4, 0.5) is 6.01 Å². The lowest BCUT2D eigenvalue weighted by Crippen LogP contribution is -2.82. The van der Waals surface area contributed by atoms with E-state index in [0.29, 0.717) is 18.4 Å². The number of para-hydroxylation sites is 2. The summed E-state index contributed by atoms with van der Waals surface area (Å²) in [6.07, 6.45) is 1.35. The molecule has 0 saturated heterocycles. The summed E-state index contributed by atoms with van der Waals surface area (Å²) in [4.78, 5) is 21.1. The van der Waals surface area contributed by atoms with Gasteiger partial charge in [0.15, 0.2) is 11.4 Å². The number of carbonyl (C=O) groups is 1. The minimum Gasteiger partial charge on any atom is -0.412 e. The van der Waals surface area contributed by atoms with Crippen LogP contribution in [0.1, 0.15) is 43.9 Å². The molecule has 30 heavy (non-hydrogen) atoms. The summed E-state index contributed by atoms with van der Waals surface area (Å²) < 4.78 is 5.83. The molecule has 0 radical (unpaired) electrons. The molecule has 0 saturated carbocycles. The summed E-state index contributed by atoms with van der Waals surface area (Å²) in [5.74, 6) is 0.856. The standard InChI is InChI=1S/C24H24N4O2/c1-14-8-4-5-9-15(14)21-20-17(12-24(2,3)13-18(20)29)25-22(27-21)28-23-26-16-10-6-7-11-19(16)30-23/h4-11,21H,12-13H2,1-3H3,(H2,25,26,27,28)/p+1/t21-/m0/s1. The molecule has 0 fully saturated rings. The van der Waals surface area contributed by atoms with E-state index in [1.165, 1.54) is 0 Å². The van der Waals surface area contributed by atoms with Crippen molar-refractivity contribution in [1.82, 2.24) is 10.3 Å². The molecule has 1 aliphatic heterocycles. The predicted octanol–water partition coefficient (Wildman–Crippen LogP) is 2.97. The largest absolute Gasteiger partial charge is 0.412 e. The number of hydrogen-bond acceptors (Lipinski definition) is 5. The molecule has 6 nitrogen and oxygen atoms in total. The topological polar surface area (TPSA) is 81.1 Å². The van der Waals surface area contributed by atoms with E-state index in [2.05, 4.69) is 53.5 Å². The summed E-state index contributed by atoms with van der Waals surface area (Å²) in [6.45, 7) is 6.34. The van der Waals surface area contributed by atoms with E-state index in [4.69, 9.17) is 4.42 Å². The maximum absolute atomic E-state index is 13.1. The number of hydrogen-bond donors (Lipinski definition) is 3. The van der Waals surface area contributed by atoms with Crippen molar-refractivity contribution in [2.75, 3.05) is 5.32 Å². The van der Waals surface area contributed by atoms with Crippen molar-refractivity contribution in [3.8, 4) is 0 Å². The summed E-state index contributed by atoms with van der Waals surface area (Å²) in [6, 6.07) is 16.0. The van der Waals surface area contributed by atoms with E-state index in [1.807, 2.05) is 36.4 Å². The van der Waals surface area contributed by atoms with Gasteiger partial charge < -0.3 is 4.42 Å². The van der Waals surface area contributed by atoms with Crippen LogP contribution >= 0.6 is 0 Å². The third-order valence-corrected chi connectivity index (χ3v) is 5.80. The molecule has 2 heterocycles. The summed E-state index contributed by atoms with van der Waals surface area (Å²) in [5.41, 5.74) is 5.45. The van der Waals surface area contributed by atoms with Gasteiger partial charge in [0, 0.05) is 12.8 Å². The lowest BCUT2D eigenvalue weighted by atomic mass is 9.73. The van der Waals surface area contributed by atoms with E-state index < -0.39 is 0 Å². The van der Waals surface area contributed by atoms with E-state index >= 15 is 0 Å². The second-order valence-corrected chi connectivity index (χ2v) is 8.88. The number of fused-ring (bicyclic) bond motifs is 1. The number of benzene rings is 2. The number of anilines is 1. The minimum absolute atomic E-state index is 0.0841. The molecule has 0 amide bonds. The molecular weight excluding hydrogens is 376 g/mol. The molecule has 0 unspecified atom stereocenters. The second-order valence-electron chi connectivity index (χ2n) is 8.88. The highest BCUT2D eigenvalue weighted by Gasteiger charge is 2.42. The zero-order valence-corrected chi connectivity index (χ0v) is 17.4. The zero-order valence-electron chi connectivity index (χ0n) is 17.4. The molecular formula is C24H25N4O2+. The monoisotopic (exact) mass is 401 g/mol. The summed E-state index contributed by atoms with van der Waals surface area (Å²) in [7, 11) is 0. The fraction of sp³-hybridized carbons (Fsp3) is 0.292. The van der Waals surface area contributed by atoms with E-state index in [0.717, 1.165) is 39.9 Å². The van der Waals surface area contributed by atoms with Gasteiger partial charge in [-0.15, -0.1) is 0 Å². The van der Waals surface area contributed by atoms with Crippen LogP contribution in [-0.2, 0) is 4.79 Å². The zero-order chi connectivity index (χ0) is 20.9. The third kappa shape index (κ3) is 3.28. The van der Waals surface area contributed by atoms with Crippen molar-refractivity contribution in [2.24, 2.45) is 5.41 Å². The van der Waals surface area contributed by atoms with Crippen LogP contribution in [0.3, 0.4) is 0 Å². The predicted molar refractivity (Wildman–Crippen MR) is 116 cm³/mol. The number of Topliss-reactive ketones (excluding diaryl/α,β-unsaturated/α-hetero) is 1. The number of aryl methyl sites for hydroxylation is 1. The van der Waals surface area contributed by atoms with Gasteiger partial charge in [-0.05, 0) is 35.6 Å². The average Bonchev–Trinajstić information content (AvgIpc) is 3.08. The quantitative estimate of drug-likeness (QED) is 0.615. The molecule has 3 aromatic rings. The Hall–Kier alpha value is -3.41. The number of allylic oxidation sites excluding steroid dienone is 1. The molecule has 0 spiro atoms. The minimum atomic E-state index is -0.224. The smallest absolute Gasteiger partial charge is 0.365 e. The van der Waals surface area contributed by atoms with Gasteiger partial charge in [-0.2, -0.15) is 10.3 Å². The number of oxazole rings is 1. The van der Waals surface area contributed by atoms with Gasteiger partial charge in [-0.1, -0.05) is 50.2 Å². The maximum atomic E-state index is 13.1. The van der Waals surface area contributed by atoms with Gasteiger partial charge in [-0.25, -0.2) is 5.32 Å². The lowest BCUT2D eigenvalue weighted by molar-refractivity contribution is -0.502. The third-order valence-electron chi connectivity index (χ3n) is 5.80. The lowest BCUT2D eigenvalue weighted by Gasteiger charge is -2.35. The number of ketones is 1. The molecule has 1 aromatic heterocycles. The average molecular weight is 401 g/mol. The molecule has 2 aliphatic rings. The fourth-order valence-corrected chi connectivity index (χ4v) is 4.43. The molecule has 152 valence electrons. The molecule has 1 atom stereocenters. The Morgan fingerprint density at radius 1 is 1.13 bits per heavy atom. The number of aromatic nitrogens is 1. The molecule has 2 aromatic carbocycles. The first-order valence-electron chi connectivity index (χ1n) is 10.2. The van der Waals surface area contributed by atoms with Gasteiger partial charge in [0.1, 0.15) is 11.6 Å². The Bertz CT molecular complexity index is 1190. The number of guanidine groups is 1. The molecule has 0 bridgehead atoms. The number of nitrogens with one attached hydrogen (secondary N) is 3. The Kier molecular flexibility index (Phi) is 4.24. The Morgan fingerprint density at radius 2 is 1.90 bits per heavy atom. The van der Waals surface area contributed by atoms with Crippen molar-refractivity contribution < 1.29 is 14.2 Å². The Labute approximate surface area is 175 Å². The molecule has 1 aliphatic carbocycles. The molecule has 3 N–H and O–H groups in total. The summed E-state index contributed by atoms with van der Waals surface area (Å²) in [5, 5.41) is 6.64. The van der Waals surface area contributed by atoms with Crippen molar-refractivity contribution in [1.29, 1.82) is 0 Å². The van der Waals surface area contributed by atoms with Crippen molar-refractivity contribution >= 4 is 28.9 Å².